The van der Waals surface area contributed by atoms with Crippen molar-refractivity contribution in [3.8, 4) is 0 Å². The molecule has 1 aliphatic heterocycles. The van der Waals surface area contributed by atoms with Crippen LogP contribution in [0.5, 0.6) is 0 Å². The molecule has 0 aromatic heterocycles. The molecule has 0 spiro atoms. The van der Waals surface area contributed by atoms with E-state index in [1.165, 1.54) is 58.0 Å². The first-order chi connectivity index (χ1) is 9.20. The van der Waals surface area contributed by atoms with Crippen molar-refractivity contribution in [3.05, 3.63) is 0 Å². The zero-order chi connectivity index (χ0) is 13.7. The Hall–Kier alpha value is -0.120. The third-order valence-corrected chi connectivity index (χ3v) is 5.47. The van der Waals surface area contributed by atoms with E-state index in [1.54, 1.807) is 7.11 Å². The maximum absolute atomic E-state index is 6.73. The topological polar surface area (TPSA) is 38.5 Å². The summed E-state index contributed by atoms with van der Waals surface area (Å²) in [4.78, 5) is 2.75. The van der Waals surface area contributed by atoms with Gasteiger partial charge in [0.05, 0.1) is 0 Å². The first kappa shape index (κ1) is 15.3. The van der Waals surface area contributed by atoms with Gasteiger partial charge in [-0.2, -0.15) is 0 Å². The number of hydrogen-bond acceptors (Lipinski definition) is 3. The minimum absolute atomic E-state index is 0.299. The van der Waals surface area contributed by atoms with E-state index in [1.807, 2.05) is 0 Å². The highest BCUT2D eigenvalue weighted by Gasteiger charge is 2.46. The molecule has 0 aromatic carbocycles. The van der Waals surface area contributed by atoms with E-state index in [2.05, 4.69) is 11.8 Å². The molecule has 2 unspecified atom stereocenters. The number of methoxy groups -OCH3 is 1. The van der Waals surface area contributed by atoms with Gasteiger partial charge in [-0.15, -0.1) is 0 Å². The fourth-order valence-electron chi connectivity index (χ4n) is 4.20. The van der Waals surface area contributed by atoms with E-state index in [9.17, 15) is 0 Å². The number of rotatable bonds is 6. The molecule has 1 heterocycles. The van der Waals surface area contributed by atoms with Crippen LogP contribution in [-0.4, -0.2) is 43.3 Å². The van der Waals surface area contributed by atoms with Crippen LogP contribution >= 0.6 is 0 Å². The van der Waals surface area contributed by atoms with E-state index in [0.29, 0.717) is 17.5 Å². The molecular weight excluding hydrogens is 236 g/mol. The van der Waals surface area contributed by atoms with Crippen LogP contribution in [0.3, 0.4) is 0 Å². The van der Waals surface area contributed by atoms with Crippen LogP contribution in [-0.2, 0) is 4.74 Å². The molecule has 1 saturated carbocycles. The number of nitrogens with two attached hydrogens (primary N) is 1. The van der Waals surface area contributed by atoms with Gasteiger partial charge in [0.2, 0.25) is 0 Å². The van der Waals surface area contributed by atoms with Crippen LogP contribution in [0.25, 0.3) is 0 Å². The summed E-state index contributed by atoms with van der Waals surface area (Å²) in [5.74, 6) is 0.556. The lowest BCUT2D eigenvalue weighted by atomic mass is 9.78. The first-order valence-electron chi connectivity index (χ1n) is 8.20. The molecule has 2 rings (SSSR count). The van der Waals surface area contributed by atoms with Crippen molar-refractivity contribution in [1.29, 1.82) is 0 Å². The molecule has 3 heteroatoms. The van der Waals surface area contributed by atoms with E-state index >= 15 is 0 Å². The second-order valence-electron chi connectivity index (χ2n) is 6.64. The van der Waals surface area contributed by atoms with Crippen LogP contribution in [0.15, 0.2) is 0 Å². The van der Waals surface area contributed by atoms with Gasteiger partial charge >= 0.3 is 0 Å². The van der Waals surface area contributed by atoms with E-state index < -0.39 is 0 Å². The maximum atomic E-state index is 6.73. The van der Waals surface area contributed by atoms with Crippen LogP contribution in [0.1, 0.15) is 58.3 Å². The van der Waals surface area contributed by atoms with Crippen molar-refractivity contribution < 1.29 is 4.74 Å². The van der Waals surface area contributed by atoms with Gasteiger partial charge in [0, 0.05) is 25.3 Å². The van der Waals surface area contributed by atoms with E-state index in [-0.39, 0.29) is 0 Å². The number of piperidine rings is 1. The fraction of sp³-hybridized carbons (Fsp3) is 1.00. The molecular formula is C16H32N2O. The van der Waals surface area contributed by atoms with Gasteiger partial charge in [0.25, 0.3) is 0 Å². The molecule has 2 atom stereocenters. The third-order valence-electron chi connectivity index (χ3n) is 5.47. The predicted molar refractivity (Wildman–Crippen MR) is 80.3 cm³/mol. The van der Waals surface area contributed by atoms with Crippen molar-refractivity contribution in [1.82, 2.24) is 4.90 Å². The molecule has 0 aromatic rings. The minimum Gasteiger partial charge on any atom is -0.385 e. The smallest absolute Gasteiger partial charge is 0.0465 e. The summed E-state index contributed by atoms with van der Waals surface area (Å²) in [6.45, 7) is 5.69. The molecule has 19 heavy (non-hydrogen) atoms. The second-order valence-corrected chi connectivity index (χ2v) is 6.64. The standard InChI is InChI=1S/C16H32N2O/c1-14(8-13-19-2)15(17)16(9-4-5-10-16)18-11-6-3-7-12-18/h14-15H,3-13,17H2,1-2H3. The predicted octanol–water partition coefficient (Wildman–Crippen LogP) is 2.79. The number of nitrogens with zero attached hydrogens (tertiary/aromatic N) is 1. The second kappa shape index (κ2) is 7.05. The Kier molecular flexibility index (Phi) is 5.67. The van der Waals surface area contributed by atoms with Gasteiger partial charge in [-0.25, -0.2) is 0 Å². The van der Waals surface area contributed by atoms with Gasteiger partial charge < -0.3 is 10.5 Å². The molecule has 2 N–H and O–H groups in total. The number of hydrogen-bond donors (Lipinski definition) is 1. The summed E-state index contributed by atoms with van der Waals surface area (Å²) in [6.07, 6.45) is 10.6. The molecule has 1 saturated heterocycles. The highest BCUT2D eigenvalue weighted by atomic mass is 16.5. The Morgan fingerprint density at radius 1 is 1.11 bits per heavy atom. The van der Waals surface area contributed by atoms with Crippen LogP contribution in [0.2, 0.25) is 0 Å². The summed E-state index contributed by atoms with van der Waals surface area (Å²) >= 11 is 0. The molecule has 1 aliphatic carbocycles. The number of ether oxygens (including phenoxy) is 1. The summed E-state index contributed by atoms with van der Waals surface area (Å²) in [6, 6.07) is 0.309. The SMILES string of the molecule is COCCC(C)C(N)C1(N2CCCCC2)CCCC1. The van der Waals surface area contributed by atoms with Crippen LogP contribution in [0.4, 0.5) is 0 Å². The molecule has 0 radical (unpaired) electrons. The normalized spacial score (nSPS) is 27.3. The van der Waals surface area contributed by atoms with Crippen molar-refractivity contribution in [2.75, 3.05) is 26.8 Å². The fourth-order valence-corrected chi connectivity index (χ4v) is 4.20. The van der Waals surface area contributed by atoms with Gasteiger partial charge in [-0.05, 0) is 51.1 Å². The molecule has 3 nitrogen and oxygen atoms in total. The Bertz CT molecular complexity index is 257. The van der Waals surface area contributed by atoms with Crippen LogP contribution < -0.4 is 5.73 Å². The van der Waals surface area contributed by atoms with Crippen LogP contribution in [0, 0.1) is 5.92 Å². The molecule has 0 bridgehead atoms. The molecule has 2 aliphatic rings. The summed E-state index contributed by atoms with van der Waals surface area (Å²) in [7, 11) is 1.79. The Morgan fingerprint density at radius 3 is 2.32 bits per heavy atom. The third kappa shape index (κ3) is 3.32. The maximum Gasteiger partial charge on any atom is 0.0465 e. The molecule has 112 valence electrons. The van der Waals surface area contributed by atoms with Gasteiger partial charge in [-0.1, -0.05) is 26.2 Å². The zero-order valence-corrected chi connectivity index (χ0v) is 12.9. The monoisotopic (exact) mass is 268 g/mol. The van der Waals surface area contributed by atoms with Gasteiger partial charge in [-0.3, -0.25) is 4.90 Å². The van der Waals surface area contributed by atoms with Gasteiger partial charge in [0.15, 0.2) is 0 Å². The Morgan fingerprint density at radius 2 is 1.74 bits per heavy atom. The first-order valence-corrected chi connectivity index (χ1v) is 8.20. The lowest BCUT2D eigenvalue weighted by molar-refractivity contribution is 0.0277. The van der Waals surface area contributed by atoms with E-state index in [0.717, 1.165) is 13.0 Å². The number of likely N-dealkylation sites (tertiary alicyclic amines) is 1. The summed E-state index contributed by atoms with van der Waals surface area (Å²) in [5, 5.41) is 0. The lowest BCUT2D eigenvalue weighted by Gasteiger charge is -2.49. The van der Waals surface area contributed by atoms with Crippen molar-refractivity contribution in [2.24, 2.45) is 11.7 Å². The Labute approximate surface area is 118 Å². The minimum atomic E-state index is 0.299. The largest absolute Gasteiger partial charge is 0.385 e. The zero-order valence-electron chi connectivity index (χ0n) is 12.9. The van der Waals surface area contributed by atoms with Gasteiger partial charge in [0.1, 0.15) is 0 Å². The average Bonchev–Trinajstić information content (AvgIpc) is 2.95. The molecule has 0 amide bonds. The lowest BCUT2D eigenvalue weighted by Crippen LogP contribution is -2.61. The van der Waals surface area contributed by atoms with Crippen molar-refractivity contribution in [3.63, 3.8) is 0 Å². The van der Waals surface area contributed by atoms with Crippen molar-refractivity contribution in [2.45, 2.75) is 69.9 Å². The highest BCUT2D eigenvalue weighted by Crippen LogP contribution is 2.41. The van der Waals surface area contributed by atoms with E-state index in [4.69, 9.17) is 10.5 Å². The summed E-state index contributed by atoms with van der Waals surface area (Å²) in [5.41, 5.74) is 7.03. The highest BCUT2D eigenvalue weighted by molar-refractivity contribution is 5.04. The van der Waals surface area contributed by atoms with Crippen molar-refractivity contribution >= 4 is 0 Å². The Balaban J connectivity index is 2.04. The summed E-state index contributed by atoms with van der Waals surface area (Å²) < 4.78 is 5.23. The average molecular weight is 268 g/mol. The molecule has 2 fully saturated rings. The quantitative estimate of drug-likeness (QED) is 0.805.